The smallest absolute Gasteiger partial charge is 0.420 e. The van der Waals surface area contributed by atoms with Crippen LogP contribution in [0.15, 0.2) is 103 Å². The highest BCUT2D eigenvalue weighted by Gasteiger charge is 2.36. The van der Waals surface area contributed by atoms with Crippen LogP contribution in [0.3, 0.4) is 0 Å². The number of halogens is 7. The van der Waals surface area contributed by atoms with Crippen molar-refractivity contribution in [2.75, 3.05) is 10.6 Å². The fourth-order valence-electron chi connectivity index (χ4n) is 4.16. The van der Waals surface area contributed by atoms with Crippen LogP contribution >= 0.6 is 0 Å². The Morgan fingerprint density at radius 3 is 1.53 bits per heavy atom. The Morgan fingerprint density at radius 2 is 1.07 bits per heavy atom. The van der Waals surface area contributed by atoms with Gasteiger partial charge in [0.05, 0.1) is 17.3 Å². The van der Waals surface area contributed by atoms with Gasteiger partial charge in [0.2, 0.25) is 5.95 Å². The number of benzene rings is 4. The van der Waals surface area contributed by atoms with E-state index in [0.717, 1.165) is 30.5 Å². The molecule has 0 unspecified atom stereocenters. The van der Waals surface area contributed by atoms with E-state index < -0.39 is 46.6 Å². The number of hydrogen-bond acceptors (Lipinski definition) is 6. The van der Waals surface area contributed by atoms with E-state index in [0.29, 0.717) is 11.1 Å². The van der Waals surface area contributed by atoms with Crippen LogP contribution in [-0.2, 0) is 25.6 Å². The molecule has 0 atom stereocenters. The standard InChI is InChI=1S/C32H23F7N4O2/c33-26-17-40-30(42-23-12-14-28(25(16-23)32(37,38)39)45-19-21-9-5-2-6-10-21)43-29(26)41-22-11-13-27(24(15-22)31(34,35)36)44-18-20-7-3-1-4-8-20/h1-17H,18-19H2,(H2,40,41,42,43). The summed E-state index contributed by atoms with van der Waals surface area (Å²) in [6.07, 6.45) is -8.84. The number of alkyl halides is 6. The lowest BCUT2D eigenvalue weighted by atomic mass is 10.1. The number of ether oxygens (including phenoxy) is 2. The molecule has 0 aliphatic rings. The van der Waals surface area contributed by atoms with Crippen molar-refractivity contribution in [2.24, 2.45) is 0 Å². The van der Waals surface area contributed by atoms with E-state index in [-0.39, 0.29) is 30.5 Å². The first kappa shape index (κ1) is 31.1. The molecule has 13 heteroatoms. The van der Waals surface area contributed by atoms with Gasteiger partial charge in [0.25, 0.3) is 0 Å². The molecule has 0 aliphatic heterocycles. The molecular weight excluding hydrogens is 605 g/mol. The highest BCUT2D eigenvalue weighted by atomic mass is 19.4. The second-order valence-corrected chi connectivity index (χ2v) is 9.61. The van der Waals surface area contributed by atoms with Gasteiger partial charge in [0.15, 0.2) is 11.6 Å². The SMILES string of the molecule is Fc1cnc(Nc2ccc(OCc3ccccc3)c(C(F)(F)F)c2)nc1Nc1ccc(OCc2ccccc2)c(C(F)(F)F)c1. The minimum atomic E-state index is -4.80. The summed E-state index contributed by atoms with van der Waals surface area (Å²) in [6, 6.07) is 23.5. The average molecular weight is 629 g/mol. The largest absolute Gasteiger partial charge is 0.488 e. The Kier molecular flexibility index (Phi) is 9.07. The van der Waals surface area contributed by atoms with Gasteiger partial charge < -0.3 is 20.1 Å². The Bertz CT molecular complexity index is 1750. The van der Waals surface area contributed by atoms with Crippen LogP contribution in [0, 0.1) is 5.82 Å². The van der Waals surface area contributed by atoms with Crippen molar-refractivity contribution < 1.29 is 40.2 Å². The zero-order valence-electron chi connectivity index (χ0n) is 23.1. The van der Waals surface area contributed by atoms with Crippen molar-refractivity contribution in [3.8, 4) is 11.5 Å². The molecule has 0 spiro atoms. The summed E-state index contributed by atoms with van der Waals surface area (Å²) >= 11 is 0. The van der Waals surface area contributed by atoms with Crippen molar-refractivity contribution >= 4 is 23.1 Å². The minimum absolute atomic E-state index is 0.0915. The van der Waals surface area contributed by atoms with E-state index in [1.165, 1.54) is 12.1 Å². The molecule has 0 fully saturated rings. The minimum Gasteiger partial charge on any atom is -0.488 e. The molecule has 0 bridgehead atoms. The summed E-state index contributed by atoms with van der Waals surface area (Å²) in [5.74, 6) is -2.68. The number of hydrogen-bond donors (Lipinski definition) is 2. The topological polar surface area (TPSA) is 68.3 Å². The maximum atomic E-state index is 14.6. The molecule has 1 aromatic heterocycles. The zero-order valence-corrected chi connectivity index (χ0v) is 23.1. The van der Waals surface area contributed by atoms with E-state index >= 15 is 0 Å². The number of rotatable bonds is 10. The van der Waals surface area contributed by atoms with Crippen molar-refractivity contribution in [1.82, 2.24) is 9.97 Å². The zero-order chi connectivity index (χ0) is 32.0. The first-order valence-electron chi connectivity index (χ1n) is 13.3. The summed E-state index contributed by atoms with van der Waals surface area (Å²) in [5, 5.41) is 5.03. The van der Waals surface area contributed by atoms with Crippen molar-refractivity contribution in [2.45, 2.75) is 25.6 Å². The maximum Gasteiger partial charge on any atom is 0.420 e. The summed E-state index contributed by atoms with van der Waals surface area (Å²) in [6.45, 7) is -0.203. The van der Waals surface area contributed by atoms with E-state index in [1.807, 2.05) is 0 Å². The van der Waals surface area contributed by atoms with Crippen LogP contribution in [-0.4, -0.2) is 9.97 Å². The van der Waals surface area contributed by atoms with Gasteiger partial charge in [-0.2, -0.15) is 31.3 Å². The van der Waals surface area contributed by atoms with Crippen LogP contribution in [0.25, 0.3) is 0 Å². The van der Waals surface area contributed by atoms with Crippen LogP contribution in [0.5, 0.6) is 11.5 Å². The lowest BCUT2D eigenvalue weighted by molar-refractivity contribution is -0.139. The third-order valence-corrected chi connectivity index (χ3v) is 6.31. The molecule has 232 valence electrons. The van der Waals surface area contributed by atoms with Crippen molar-refractivity contribution in [3.05, 3.63) is 131 Å². The lowest BCUT2D eigenvalue weighted by Gasteiger charge is -2.17. The van der Waals surface area contributed by atoms with Crippen LogP contribution in [0.1, 0.15) is 22.3 Å². The molecule has 0 saturated carbocycles. The summed E-state index contributed by atoms with van der Waals surface area (Å²) < 4.78 is 108. The van der Waals surface area contributed by atoms with Gasteiger partial charge >= 0.3 is 12.4 Å². The average Bonchev–Trinajstić information content (AvgIpc) is 3.01. The molecule has 1 heterocycles. The van der Waals surface area contributed by atoms with E-state index in [2.05, 4.69) is 20.6 Å². The lowest BCUT2D eigenvalue weighted by Crippen LogP contribution is -2.11. The molecule has 0 radical (unpaired) electrons. The van der Waals surface area contributed by atoms with Gasteiger partial charge in [-0.3, -0.25) is 0 Å². The van der Waals surface area contributed by atoms with E-state index in [9.17, 15) is 30.7 Å². The van der Waals surface area contributed by atoms with Crippen molar-refractivity contribution in [1.29, 1.82) is 0 Å². The van der Waals surface area contributed by atoms with Crippen molar-refractivity contribution in [3.63, 3.8) is 0 Å². The molecule has 0 aliphatic carbocycles. The molecule has 2 N–H and O–H groups in total. The molecule has 0 amide bonds. The Balaban J connectivity index is 1.34. The molecule has 4 aromatic carbocycles. The molecule has 45 heavy (non-hydrogen) atoms. The molecule has 0 saturated heterocycles. The second kappa shape index (κ2) is 13.1. The van der Waals surface area contributed by atoms with Gasteiger partial charge in [0, 0.05) is 11.4 Å². The third kappa shape index (κ3) is 8.19. The molecular formula is C32H23F7N4O2. The van der Waals surface area contributed by atoms with Crippen LogP contribution < -0.4 is 20.1 Å². The van der Waals surface area contributed by atoms with E-state index in [1.54, 1.807) is 60.7 Å². The summed E-state index contributed by atoms with van der Waals surface area (Å²) in [7, 11) is 0. The van der Waals surface area contributed by atoms with Gasteiger partial charge in [-0.05, 0) is 47.5 Å². The molecule has 5 rings (SSSR count). The Hall–Kier alpha value is -5.33. The summed E-state index contributed by atoms with van der Waals surface area (Å²) in [5.41, 5.74) is -1.11. The maximum absolute atomic E-state index is 14.6. The molecule has 6 nitrogen and oxygen atoms in total. The fourth-order valence-corrected chi connectivity index (χ4v) is 4.16. The molecule has 5 aromatic rings. The first-order valence-corrected chi connectivity index (χ1v) is 13.3. The van der Waals surface area contributed by atoms with Gasteiger partial charge in [-0.15, -0.1) is 0 Å². The predicted octanol–water partition coefficient (Wildman–Crippen LogP) is 9.30. The van der Waals surface area contributed by atoms with Gasteiger partial charge in [0.1, 0.15) is 24.7 Å². The Labute approximate surface area is 252 Å². The van der Waals surface area contributed by atoms with E-state index in [4.69, 9.17) is 9.47 Å². The highest BCUT2D eigenvalue weighted by molar-refractivity contribution is 5.63. The second-order valence-electron chi connectivity index (χ2n) is 9.61. The van der Waals surface area contributed by atoms with Crippen LogP contribution in [0.2, 0.25) is 0 Å². The predicted molar refractivity (Wildman–Crippen MR) is 153 cm³/mol. The Morgan fingerprint density at radius 1 is 0.600 bits per heavy atom. The van der Waals surface area contributed by atoms with Gasteiger partial charge in [-0.25, -0.2) is 9.37 Å². The normalized spacial score (nSPS) is 11.6. The summed E-state index contributed by atoms with van der Waals surface area (Å²) in [4.78, 5) is 7.65. The fraction of sp³-hybridized carbons (Fsp3) is 0.125. The third-order valence-electron chi connectivity index (χ3n) is 6.31. The number of anilines is 4. The van der Waals surface area contributed by atoms with Gasteiger partial charge in [-0.1, -0.05) is 60.7 Å². The number of nitrogens with zero attached hydrogens (tertiary/aromatic N) is 2. The number of aromatic nitrogens is 2. The van der Waals surface area contributed by atoms with Crippen LogP contribution in [0.4, 0.5) is 53.9 Å². The monoisotopic (exact) mass is 628 g/mol. The first-order chi connectivity index (χ1) is 21.5. The highest BCUT2D eigenvalue weighted by Crippen LogP contribution is 2.40. The number of nitrogens with one attached hydrogen (secondary N) is 2. The quantitative estimate of drug-likeness (QED) is 0.150.